The fourth-order valence-corrected chi connectivity index (χ4v) is 5.24. The summed E-state index contributed by atoms with van der Waals surface area (Å²) in [5.41, 5.74) is 3.46. The van der Waals surface area contributed by atoms with Crippen molar-refractivity contribution in [2.24, 2.45) is 0 Å². The molecule has 1 aliphatic heterocycles. The van der Waals surface area contributed by atoms with Gasteiger partial charge in [0.25, 0.3) is 0 Å². The van der Waals surface area contributed by atoms with Gasteiger partial charge in [-0.25, -0.2) is 4.85 Å². The highest BCUT2D eigenvalue weighted by molar-refractivity contribution is 5.47. The Morgan fingerprint density at radius 3 is 1.48 bits per heavy atom. The molecule has 4 aromatic carbocycles. The molecule has 1 fully saturated rings. The fourth-order valence-electron chi connectivity index (χ4n) is 5.24. The van der Waals surface area contributed by atoms with E-state index in [1.54, 1.807) is 24.3 Å². The number of hydrogen-bond acceptors (Lipinski definition) is 7. The van der Waals surface area contributed by atoms with Crippen molar-refractivity contribution in [1.29, 1.82) is 5.26 Å². The SMILES string of the molecule is [C-]#[N+]c1ccc(OCC(CN2CCN(CC(COc3ccc(C#N)cc3)OCc3ccccc3)CC2)OCc2ccccc2)cc1. The van der Waals surface area contributed by atoms with Crippen LogP contribution in [0.5, 0.6) is 11.5 Å². The van der Waals surface area contributed by atoms with Gasteiger partial charge in [0.2, 0.25) is 0 Å². The molecule has 0 aromatic heterocycles. The molecule has 46 heavy (non-hydrogen) atoms. The smallest absolute Gasteiger partial charge is 0.187 e. The second-order valence-corrected chi connectivity index (χ2v) is 11.3. The molecule has 8 heteroatoms. The van der Waals surface area contributed by atoms with Crippen molar-refractivity contribution < 1.29 is 18.9 Å². The van der Waals surface area contributed by atoms with Crippen LogP contribution < -0.4 is 9.47 Å². The molecule has 1 saturated heterocycles. The van der Waals surface area contributed by atoms with E-state index in [4.69, 9.17) is 30.8 Å². The van der Waals surface area contributed by atoms with Crippen molar-refractivity contribution in [3.8, 4) is 17.6 Å². The summed E-state index contributed by atoms with van der Waals surface area (Å²) in [6.07, 6.45) is -0.234. The lowest BCUT2D eigenvalue weighted by molar-refractivity contribution is -0.0345. The Balaban J connectivity index is 1.14. The Morgan fingerprint density at radius 1 is 0.630 bits per heavy atom. The first-order chi connectivity index (χ1) is 22.7. The topological polar surface area (TPSA) is 71.6 Å². The monoisotopic (exact) mass is 616 g/mol. The van der Waals surface area contributed by atoms with Crippen LogP contribution in [0.3, 0.4) is 0 Å². The lowest BCUT2D eigenvalue weighted by atomic mass is 10.2. The summed E-state index contributed by atoms with van der Waals surface area (Å²) < 4.78 is 24.9. The highest BCUT2D eigenvalue weighted by Gasteiger charge is 2.24. The summed E-state index contributed by atoms with van der Waals surface area (Å²) in [4.78, 5) is 8.33. The van der Waals surface area contributed by atoms with Gasteiger partial charge >= 0.3 is 0 Å². The summed E-state index contributed by atoms with van der Waals surface area (Å²) >= 11 is 0. The number of nitrogens with zero attached hydrogens (tertiary/aromatic N) is 4. The van der Waals surface area contributed by atoms with E-state index in [2.05, 4.69) is 45.0 Å². The van der Waals surface area contributed by atoms with Crippen molar-refractivity contribution in [2.45, 2.75) is 25.4 Å². The minimum absolute atomic E-state index is 0.116. The van der Waals surface area contributed by atoms with E-state index in [9.17, 15) is 0 Å². The van der Waals surface area contributed by atoms with E-state index in [1.807, 2.05) is 60.7 Å². The van der Waals surface area contributed by atoms with Gasteiger partial charge in [0.15, 0.2) is 5.69 Å². The largest absolute Gasteiger partial charge is 0.491 e. The molecule has 1 aliphatic rings. The van der Waals surface area contributed by atoms with Gasteiger partial charge in [-0.2, -0.15) is 5.26 Å². The predicted molar refractivity (Wildman–Crippen MR) is 178 cm³/mol. The molecule has 5 rings (SSSR count). The third-order valence-electron chi connectivity index (χ3n) is 7.87. The van der Waals surface area contributed by atoms with Gasteiger partial charge in [-0.15, -0.1) is 0 Å². The Hall–Kier alpha value is -4.70. The maximum absolute atomic E-state index is 9.10. The summed E-state index contributed by atoms with van der Waals surface area (Å²) in [7, 11) is 0. The average molecular weight is 617 g/mol. The van der Waals surface area contributed by atoms with Crippen LogP contribution in [0, 0.1) is 17.9 Å². The van der Waals surface area contributed by atoms with Crippen LogP contribution in [-0.2, 0) is 22.7 Å². The van der Waals surface area contributed by atoms with E-state index in [0.29, 0.717) is 37.7 Å². The summed E-state index contributed by atoms with van der Waals surface area (Å²) in [5.74, 6) is 1.46. The number of piperazine rings is 1. The minimum Gasteiger partial charge on any atom is -0.491 e. The van der Waals surface area contributed by atoms with Crippen LogP contribution in [0.2, 0.25) is 0 Å². The van der Waals surface area contributed by atoms with Gasteiger partial charge in [0.05, 0.1) is 31.4 Å². The second kappa shape index (κ2) is 17.7. The Kier molecular flexibility index (Phi) is 12.6. The van der Waals surface area contributed by atoms with Gasteiger partial charge in [-0.1, -0.05) is 72.8 Å². The lowest BCUT2D eigenvalue weighted by Gasteiger charge is -2.37. The summed E-state index contributed by atoms with van der Waals surface area (Å²) in [5, 5.41) is 9.10. The van der Waals surface area contributed by atoms with Crippen molar-refractivity contribution in [1.82, 2.24) is 9.80 Å². The normalized spacial score (nSPS) is 14.9. The van der Waals surface area contributed by atoms with Crippen LogP contribution in [0.4, 0.5) is 5.69 Å². The Bertz CT molecular complexity index is 1410. The van der Waals surface area contributed by atoms with Crippen LogP contribution in [-0.4, -0.2) is 74.5 Å². The maximum atomic E-state index is 9.10. The first-order valence-corrected chi connectivity index (χ1v) is 15.7. The molecule has 0 radical (unpaired) electrons. The average Bonchev–Trinajstić information content (AvgIpc) is 3.12. The van der Waals surface area contributed by atoms with Gasteiger partial charge in [0, 0.05) is 39.3 Å². The maximum Gasteiger partial charge on any atom is 0.187 e. The molecule has 8 nitrogen and oxygen atoms in total. The Morgan fingerprint density at radius 2 is 1.07 bits per heavy atom. The van der Waals surface area contributed by atoms with Crippen LogP contribution in [0.15, 0.2) is 109 Å². The second-order valence-electron chi connectivity index (χ2n) is 11.3. The number of rotatable bonds is 16. The number of ether oxygens (including phenoxy) is 4. The summed E-state index contributed by atoms with van der Waals surface area (Å²) in [6.45, 7) is 14.2. The molecule has 0 amide bonds. The zero-order valence-electron chi connectivity index (χ0n) is 26.0. The van der Waals surface area contributed by atoms with Gasteiger partial charge in [0.1, 0.15) is 36.9 Å². The van der Waals surface area contributed by atoms with E-state index < -0.39 is 0 Å². The quantitative estimate of drug-likeness (QED) is 0.136. The molecule has 0 N–H and O–H groups in total. The molecule has 2 unspecified atom stereocenters. The third-order valence-corrected chi connectivity index (χ3v) is 7.87. The zero-order valence-corrected chi connectivity index (χ0v) is 26.0. The minimum atomic E-state index is -0.119. The van der Waals surface area contributed by atoms with Crippen molar-refractivity contribution in [3.05, 3.63) is 137 Å². The molecule has 4 aromatic rings. The molecule has 2 atom stereocenters. The fraction of sp³-hybridized carbons (Fsp3) is 0.316. The third kappa shape index (κ3) is 10.7. The predicted octanol–water partition coefficient (Wildman–Crippen LogP) is 6.36. The van der Waals surface area contributed by atoms with Crippen molar-refractivity contribution >= 4 is 5.69 Å². The molecule has 236 valence electrons. The number of nitriles is 1. The molecular weight excluding hydrogens is 576 g/mol. The van der Waals surface area contributed by atoms with Gasteiger partial charge in [-0.3, -0.25) is 9.80 Å². The first kappa shape index (κ1) is 32.7. The van der Waals surface area contributed by atoms with Gasteiger partial charge in [-0.05, 0) is 47.5 Å². The number of hydrogen-bond donors (Lipinski definition) is 0. The van der Waals surface area contributed by atoms with E-state index >= 15 is 0 Å². The highest BCUT2D eigenvalue weighted by Crippen LogP contribution is 2.19. The first-order valence-electron chi connectivity index (χ1n) is 15.7. The molecule has 0 saturated carbocycles. The highest BCUT2D eigenvalue weighted by atomic mass is 16.5. The molecule has 0 spiro atoms. The molecule has 0 aliphatic carbocycles. The van der Waals surface area contributed by atoms with Crippen LogP contribution in [0.25, 0.3) is 4.85 Å². The lowest BCUT2D eigenvalue weighted by Crippen LogP contribution is -2.51. The summed E-state index contributed by atoms with van der Waals surface area (Å²) in [6, 6.07) is 36.9. The van der Waals surface area contributed by atoms with E-state index in [1.165, 1.54) is 0 Å². The molecule has 1 heterocycles. The number of benzene rings is 4. The van der Waals surface area contributed by atoms with E-state index in [0.717, 1.165) is 61.9 Å². The molecular formula is C38H40N4O4. The van der Waals surface area contributed by atoms with Gasteiger partial charge < -0.3 is 18.9 Å². The van der Waals surface area contributed by atoms with E-state index in [-0.39, 0.29) is 12.2 Å². The van der Waals surface area contributed by atoms with Crippen molar-refractivity contribution in [2.75, 3.05) is 52.5 Å². The van der Waals surface area contributed by atoms with Crippen molar-refractivity contribution in [3.63, 3.8) is 0 Å². The Labute approximate surface area is 272 Å². The van der Waals surface area contributed by atoms with Crippen LogP contribution >= 0.6 is 0 Å². The zero-order chi connectivity index (χ0) is 31.8. The standard InChI is InChI=1S/C38H40N4O4/c1-40-34-14-18-36(19-15-34)46-30-38(44-28-33-10-6-3-7-11-33)26-42-22-20-41(21-23-42)25-37(43-27-32-8-4-2-5-9-32)29-45-35-16-12-31(24-39)13-17-35/h2-19,37-38H,20-23,25-30H2. The molecule has 0 bridgehead atoms. The van der Waals surface area contributed by atoms with Crippen LogP contribution in [0.1, 0.15) is 16.7 Å².